The summed E-state index contributed by atoms with van der Waals surface area (Å²) < 4.78 is 5.25. The molecule has 2 rings (SSSR count). The quantitative estimate of drug-likeness (QED) is 0.555. The van der Waals surface area contributed by atoms with Gasteiger partial charge < -0.3 is 19.9 Å². The van der Waals surface area contributed by atoms with E-state index in [0.29, 0.717) is 5.92 Å². The molecule has 1 unspecified atom stereocenters. The van der Waals surface area contributed by atoms with Gasteiger partial charge >= 0.3 is 0 Å². The first-order valence-corrected chi connectivity index (χ1v) is 8.56. The Morgan fingerprint density at radius 3 is 2.57 bits per heavy atom. The van der Waals surface area contributed by atoms with Crippen LogP contribution in [0, 0.1) is 5.92 Å². The van der Waals surface area contributed by atoms with Crippen LogP contribution in [0.3, 0.4) is 0 Å². The molecule has 0 aromatic heterocycles. The minimum atomic E-state index is 0.183. The molecule has 0 aromatic carbocycles. The largest absolute Gasteiger partial charge is 0.384 e. The number of piperazine rings is 1. The molecule has 2 aliphatic heterocycles. The van der Waals surface area contributed by atoms with Gasteiger partial charge in [-0.1, -0.05) is 0 Å². The number of nitrogens with one attached hydrogen (secondary N) is 1. The van der Waals surface area contributed by atoms with Gasteiger partial charge in [0.25, 0.3) is 0 Å². The van der Waals surface area contributed by atoms with Gasteiger partial charge in [0.1, 0.15) is 0 Å². The normalized spacial score (nSPS) is 23.4. The Bertz CT molecular complexity index is 407. The van der Waals surface area contributed by atoms with Crippen molar-refractivity contribution in [3.8, 4) is 0 Å². The molecule has 0 saturated carbocycles. The fourth-order valence-electron chi connectivity index (χ4n) is 3.34. The molecule has 0 spiro atoms. The molecule has 23 heavy (non-hydrogen) atoms. The molecule has 2 aliphatic rings. The summed E-state index contributed by atoms with van der Waals surface area (Å²) in [6.45, 7) is 10.0. The van der Waals surface area contributed by atoms with E-state index in [-0.39, 0.29) is 5.91 Å². The van der Waals surface area contributed by atoms with E-state index in [0.717, 1.165) is 64.9 Å². The lowest BCUT2D eigenvalue weighted by atomic mass is 10.1. The van der Waals surface area contributed by atoms with Crippen LogP contribution in [-0.4, -0.2) is 99.7 Å². The van der Waals surface area contributed by atoms with E-state index in [4.69, 9.17) is 4.74 Å². The standard InChI is InChI=1S/C16H31N5O2/c1-14(22)20-10-8-19(9-11-20)7-5-18-16(17-2)21-6-4-15(12-21)13-23-3/h15H,4-13H2,1-3H3,(H,17,18). The van der Waals surface area contributed by atoms with Crippen LogP contribution in [0.1, 0.15) is 13.3 Å². The van der Waals surface area contributed by atoms with Crippen molar-refractivity contribution in [1.82, 2.24) is 20.0 Å². The van der Waals surface area contributed by atoms with Crippen molar-refractivity contribution >= 4 is 11.9 Å². The summed E-state index contributed by atoms with van der Waals surface area (Å²) in [5.74, 6) is 1.78. The van der Waals surface area contributed by atoms with Gasteiger partial charge in [0.2, 0.25) is 5.91 Å². The summed E-state index contributed by atoms with van der Waals surface area (Å²) in [7, 11) is 3.61. The fourth-order valence-corrected chi connectivity index (χ4v) is 3.34. The van der Waals surface area contributed by atoms with Crippen LogP contribution in [-0.2, 0) is 9.53 Å². The first-order valence-electron chi connectivity index (χ1n) is 8.56. The highest BCUT2D eigenvalue weighted by atomic mass is 16.5. The van der Waals surface area contributed by atoms with Crippen LogP contribution >= 0.6 is 0 Å². The maximum absolute atomic E-state index is 11.3. The third-order valence-corrected chi connectivity index (χ3v) is 4.73. The van der Waals surface area contributed by atoms with Crippen LogP contribution in [0.5, 0.6) is 0 Å². The number of likely N-dealkylation sites (tertiary alicyclic amines) is 1. The molecule has 2 saturated heterocycles. The summed E-state index contributed by atoms with van der Waals surface area (Å²) in [4.78, 5) is 22.4. The Labute approximate surface area is 139 Å². The second-order valence-electron chi connectivity index (χ2n) is 6.38. The topological polar surface area (TPSA) is 60.4 Å². The molecule has 7 nitrogen and oxygen atoms in total. The molecular formula is C16H31N5O2. The van der Waals surface area contributed by atoms with Crippen LogP contribution in [0.15, 0.2) is 4.99 Å². The summed E-state index contributed by atoms with van der Waals surface area (Å²) in [5, 5.41) is 3.47. The zero-order valence-electron chi connectivity index (χ0n) is 14.8. The number of hydrogen-bond acceptors (Lipinski definition) is 4. The Hall–Kier alpha value is -1.34. The van der Waals surface area contributed by atoms with Crippen molar-refractivity contribution < 1.29 is 9.53 Å². The lowest BCUT2D eigenvalue weighted by molar-refractivity contribution is -0.130. The molecule has 0 radical (unpaired) electrons. The Morgan fingerprint density at radius 2 is 1.96 bits per heavy atom. The molecular weight excluding hydrogens is 294 g/mol. The van der Waals surface area contributed by atoms with Gasteiger partial charge in [-0.3, -0.25) is 14.7 Å². The number of aliphatic imine (C=N–C) groups is 1. The number of carbonyl (C=O) groups excluding carboxylic acids is 1. The highest BCUT2D eigenvalue weighted by molar-refractivity contribution is 5.80. The number of rotatable bonds is 5. The first kappa shape index (κ1) is 18.0. The van der Waals surface area contributed by atoms with Crippen molar-refractivity contribution in [3.63, 3.8) is 0 Å². The lowest BCUT2D eigenvalue weighted by Crippen LogP contribution is -2.50. The molecule has 1 atom stereocenters. The summed E-state index contributed by atoms with van der Waals surface area (Å²) >= 11 is 0. The highest BCUT2D eigenvalue weighted by Crippen LogP contribution is 2.16. The van der Waals surface area contributed by atoms with Crippen molar-refractivity contribution in [2.24, 2.45) is 10.9 Å². The molecule has 0 aromatic rings. The maximum atomic E-state index is 11.3. The van der Waals surface area contributed by atoms with Gasteiger partial charge in [-0.05, 0) is 6.42 Å². The van der Waals surface area contributed by atoms with Crippen molar-refractivity contribution in [2.75, 3.05) is 73.1 Å². The number of hydrogen-bond donors (Lipinski definition) is 1. The van der Waals surface area contributed by atoms with Crippen LogP contribution in [0.25, 0.3) is 0 Å². The molecule has 2 fully saturated rings. The lowest BCUT2D eigenvalue weighted by Gasteiger charge is -2.34. The monoisotopic (exact) mass is 325 g/mol. The van der Waals surface area contributed by atoms with Gasteiger partial charge in [0, 0.05) is 79.4 Å². The van der Waals surface area contributed by atoms with Crippen molar-refractivity contribution in [3.05, 3.63) is 0 Å². The predicted octanol–water partition coefficient (Wildman–Crippen LogP) is -0.306. The number of ether oxygens (including phenoxy) is 1. The van der Waals surface area contributed by atoms with Crippen molar-refractivity contribution in [1.29, 1.82) is 0 Å². The van der Waals surface area contributed by atoms with Crippen LogP contribution in [0.2, 0.25) is 0 Å². The average Bonchev–Trinajstić information content (AvgIpc) is 3.01. The van der Waals surface area contributed by atoms with Gasteiger partial charge in [0.05, 0.1) is 6.61 Å². The highest BCUT2D eigenvalue weighted by Gasteiger charge is 2.24. The van der Waals surface area contributed by atoms with Crippen molar-refractivity contribution in [2.45, 2.75) is 13.3 Å². The molecule has 1 N–H and O–H groups in total. The SMILES string of the molecule is CN=C(NCCN1CCN(C(C)=O)CC1)N1CCC(COC)C1. The number of guanidine groups is 1. The second-order valence-corrected chi connectivity index (χ2v) is 6.38. The Kier molecular flexibility index (Phi) is 7.11. The molecule has 7 heteroatoms. The van der Waals surface area contributed by atoms with Crippen LogP contribution < -0.4 is 5.32 Å². The first-order chi connectivity index (χ1) is 11.1. The fraction of sp³-hybridized carbons (Fsp3) is 0.875. The average molecular weight is 325 g/mol. The van der Waals surface area contributed by atoms with E-state index in [1.54, 1.807) is 14.0 Å². The van der Waals surface area contributed by atoms with E-state index in [9.17, 15) is 4.79 Å². The zero-order valence-corrected chi connectivity index (χ0v) is 14.8. The van der Waals surface area contributed by atoms with Gasteiger partial charge in [-0.2, -0.15) is 0 Å². The zero-order chi connectivity index (χ0) is 16.7. The number of methoxy groups -OCH3 is 1. The van der Waals surface area contributed by atoms with E-state index >= 15 is 0 Å². The maximum Gasteiger partial charge on any atom is 0.219 e. The molecule has 0 aliphatic carbocycles. The van der Waals surface area contributed by atoms with Gasteiger partial charge in [-0.25, -0.2) is 0 Å². The van der Waals surface area contributed by atoms with E-state index in [1.165, 1.54) is 6.42 Å². The molecule has 0 bridgehead atoms. The van der Waals surface area contributed by atoms with Gasteiger partial charge in [0.15, 0.2) is 5.96 Å². The second kappa shape index (κ2) is 9.08. The molecule has 2 heterocycles. The summed E-state index contributed by atoms with van der Waals surface area (Å²) in [6.07, 6.45) is 1.17. The molecule has 1 amide bonds. The van der Waals surface area contributed by atoms with E-state index in [2.05, 4.69) is 20.1 Å². The third kappa shape index (κ3) is 5.35. The Morgan fingerprint density at radius 1 is 1.22 bits per heavy atom. The smallest absolute Gasteiger partial charge is 0.219 e. The minimum Gasteiger partial charge on any atom is -0.384 e. The summed E-state index contributed by atoms with van der Waals surface area (Å²) in [6, 6.07) is 0. The van der Waals surface area contributed by atoms with E-state index < -0.39 is 0 Å². The number of amides is 1. The minimum absolute atomic E-state index is 0.183. The third-order valence-electron chi connectivity index (χ3n) is 4.73. The summed E-state index contributed by atoms with van der Waals surface area (Å²) in [5.41, 5.74) is 0. The number of nitrogens with zero attached hydrogens (tertiary/aromatic N) is 4. The molecule has 132 valence electrons. The predicted molar refractivity (Wildman–Crippen MR) is 91.6 cm³/mol. The van der Waals surface area contributed by atoms with Crippen LogP contribution in [0.4, 0.5) is 0 Å². The Balaban J connectivity index is 1.66. The van der Waals surface area contributed by atoms with Gasteiger partial charge in [-0.15, -0.1) is 0 Å². The van der Waals surface area contributed by atoms with E-state index in [1.807, 2.05) is 11.9 Å². The number of carbonyl (C=O) groups is 1.